The Labute approximate surface area is 169 Å². The summed E-state index contributed by atoms with van der Waals surface area (Å²) in [6.45, 7) is 0.181. The van der Waals surface area contributed by atoms with Crippen molar-refractivity contribution in [3.8, 4) is 17.6 Å². The predicted octanol–water partition coefficient (Wildman–Crippen LogP) is 3.70. The zero-order chi connectivity index (χ0) is 20.6. The van der Waals surface area contributed by atoms with Gasteiger partial charge in [0.2, 0.25) is 0 Å². The van der Waals surface area contributed by atoms with E-state index >= 15 is 0 Å². The van der Waals surface area contributed by atoms with E-state index < -0.39 is 5.97 Å². The topological polar surface area (TPSA) is 82.4 Å². The highest BCUT2D eigenvalue weighted by Gasteiger charge is 2.08. The number of carbonyl (C=O) groups is 1. The molecule has 5 heteroatoms. The van der Waals surface area contributed by atoms with Gasteiger partial charge in [-0.3, -0.25) is 0 Å². The SMILES string of the molecule is COc1cc(/C=C(\C#N)c2ccccc2)ccc1OCc1cccc(C(=O)[O-])c1. The first-order valence-corrected chi connectivity index (χ1v) is 8.89. The third-order valence-electron chi connectivity index (χ3n) is 4.26. The highest BCUT2D eigenvalue weighted by Crippen LogP contribution is 2.30. The van der Waals surface area contributed by atoms with Gasteiger partial charge < -0.3 is 19.4 Å². The highest BCUT2D eigenvalue weighted by atomic mass is 16.5. The van der Waals surface area contributed by atoms with Gasteiger partial charge in [0, 0.05) is 0 Å². The Morgan fingerprint density at radius 3 is 2.45 bits per heavy atom. The van der Waals surface area contributed by atoms with E-state index in [2.05, 4.69) is 6.07 Å². The average Bonchev–Trinajstić information content (AvgIpc) is 2.77. The maximum Gasteiger partial charge on any atom is 0.161 e. The third-order valence-corrected chi connectivity index (χ3v) is 4.26. The number of allylic oxidation sites excluding steroid dienone is 1. The number of carbonyl (C=O) groups excluding carboxylic acids is 1. The zero-order valence-electron chi connectivity index (χ0n) is 15.8. The predicted molar refractivity (Wildman–Crippen MR) is 108 cm³/mol. The lowest BCUT2D eigenvalue weighted by molar-refractivity contribution is -0.255. The fourth-order valence-corrected chi connectivity index (χ4v) is 2.81. The summed E-state index contributed by atoms with van der Waals surface area (Å²) in [6, 6.07) is 23.4. The summed E-state index contributed by atoms with van der Waals surface area (Å²) < 4.78 is 11.2. The molecule has 0 atom stereocenters. The van der Waals surface area contributed by atoms with Gasteiger partial charge in [-0.05, 0) is 46.5 Å². The molecular formula is C24H18NO4-. The lowest BCUT2D eigenvalue weighted by atomic mass is 10.0. The second-order valence-electron chi connectivity index (χ2n) is 6.22. The van der Waals surface area contributed by atoms with Crippen molar-refractivity contribution in [2.24, 2.45) is 0 Å². The van der Waals surface area contributed by atoms with Crippen LogP contribution in [0.1, 0.15) is 27.0 Å². The van der Waals surface area contributed by atoms with Crippen molar-refractivity contribution >= 4 is 17.6 Å². The molecule has 3 rings (SSSR count). The maximum absolute atomic E-state index is 11.0. The first-order valence-electron chi connectivity index (χ1n) is 8.89. The van der Waals surface area contributed by atoms with E-state index in [0.29, 0.717) is 22.6 Å². The molecule has 0 aliphatic carbocycles. The summed E-state index contributed by atoms with van der Waals surface area (Å²) in [5.74, 6) is -0.200. The number of carboxylic acids is 1. The van der Waals surface area contributed by atoms with Crippen molar-refractivity contribution in [2.45, 2.75) is 6.61 Å². The number of hydrogen-bond acceptors (Lipinski definition) is 5. The fraction of sp³-hybridized carbons (Fsp3) is 0.0833. The second kappa shape index (κ2) is 9.25. The van der Waals surface area contributed by atoms with Crippen LogP contribution in [0, 0.1) is 11.3 Å². The lowest BCUT2D eigenvalue weighted by Gasteiger charge is -2.12. The Morgan fingerprint density at radius 1 is 1.00 bits per heavy atom. The van der Waals surface area contributed by atoms with Crippen LogP contribution in [-0.4, -0.2) is 13.1 Å². The molecule has 0 spiro atoms. The quantitative estimate of drug-likeness (QED) is 0.458. The first kappa shape index (κ1) is 19.7. The number of carboxylic acid groups (broad SMARTS) is 1. The van der Waals surface area contributed by atoms with Crippen LogP contribution in [0.4, 0.5) is 0 Å². The summed E-state index contributed by atoms with van der Waals surface area (Å²) in [4.78, 5) is 11.0. The number of methoxy groups -OCH3 is 1. The highest BCUT2D eigenvalue weighted by molar-refractivity contribution is 5.89. The first-order chi connectivity index (χ1) is 14.1. The van der Waals surface area contributed by atoms with E-state index in [-0.39, 0.29) is 12.2 Å². The van der Waals surface area contributed by atoms with Gasteiger partial charge in [-0.15, -0.1) is 0 Å². The van der Waals surface area contributed by atoms with E-state index in [1.807, 2.05) is 36.4 Å². The van der Waals surface area contributed by atoms with Gasteiger partial charge >= 0.3 is 0 Å². The van der Waals surface area contributed by atoms with Crippen LogP contribution in [-0.2, 0) is 6.61 Å². The molecular weight excluding hydrogens is 366 g/mol. The number of nitrogens with zero attached hydrogens (tertiary/aromatic N) is 1. The molecule has 0 heterocycles. The van der Waals surface area contributed by atoms with Gasteiger partial charge in [-0.25, -0.2) is 0 Å². The summed E-state index contributed by atoms with van der Waals surface area (Å²) >= 11 is 0. The molecule has 29 heavy (non-hydrogen) atoms. The number of hydrogen-bond donors (Lipinski definition) is 0. The fourth-order valence-electron chi connectivity index (χ4n) is 2.81. The van der Waals surface area contributed by atoms with Crippen molar-refractivity contribution in [3.05, 3.63) is 95.1 Å². The monoisotopic (exact) mass is 384 g/mol. The molecule has 0 aliphatic heterocycles. The molecule has 0 radical (unpaired) electrons. The van der Waals surface area contributed by atoms with E-state index in [9.17, 15) is 15.2 Å². The van der Waals surface area contributed by atoms with Crippen molar-refractivity contribution in [1.29, 1.82) is 5.26 Å². The molecule has 0 aliphatic rings. The average molecular weight is 384 g/mol. The minimum absolute atomic E-state index is 0.100. The minimum atomic E-state index is -1.23. The normalized spacial score (nSPS) is 10.8. The van der Waals surface area contributed by atoms with Gasteiger partial charge in [-0.1, -0.05) is 54.6 Å². The molecule has 0 saturated heterocycles. The second-order valence-corrected chi connectivity index (χ2v) is 6.22. The standard InChI is InChI=1S/C24H19NO4/c1-28-23-14-17(12-21(15-25)19-7-3-2-4-8-19)10-11-22(23)29-16-18-6-5-9-20(13-18)24(26)27/h2-14H,16H2,1H3,(H,26,27)/p-1/b21-12+. The van der Waals surface area contributed by atoms with Crippen molar-refractivity contribution < 1.29 is 19.4 Å². The molecule has 144 valence electrons. The van der Waals surface area contributed by atoms with Gasteiger partial charge in [-0.2, -0.15) is 5.26 Å². The summed E-state index contributed by atoms with van der Waals surface area (Å²) in [5, 5.41) is 20.5. The van der Waals surface area contributed by atoms with E-state index in [0.717, 1.165) is 11.1 Å². The molecule has 0 amide bonds. The Kier molecular flexibility index (Phi) is 6.29. The van der Waals surface area contributed by atoms with Gasteiger partial charge in [0.15, 0.2) is 11.5 Å². The minimum Gasteiger partial charge on any atom is -0.545 e. The molecule has 0 N–H and O–H groups in total. The van der Waals surface area contributed by atoms with Crippen LogP contribution in [0.15, 0.2) is 72.8 Å². The molecule has 0 fully saturated rings. The van der Waals surface area contributed by atoms with Crippen molar-refractivity contribution in [3.63, 3.8) is 0 Å². The molecule has 0 bridgehead atoms. The molecule has 5 nitrogen and oxygen atoms in total. The lowest BCUT2D eigenvalue weighted by Crippen LogP contribution is -2.22. The maximum atomic E-state index is 11.0. The molecule has 0 unspecified atom stereocenters. The summed E-state index contributed by atoms with van der Waals surface area (Å²) in [7, 11) is 1.54. The Balaban J connectivity index is 1.80. The largest absolute Gasteiger partial charge is 0.545 e. The van der Waals surface area contributed by atoms with E-state index in [4.69, 9.17) is 9.47 Å². The number of aromatic carboxylic acids is 1. The number of rotatable bonds is 7. The van der Waals surface area contributed by atoms with Gasteiger partial charge in [0.1, 0.15) is 6.61 Å². The van der Waals surface area contributed by atoms with E-state index in [1.165, 1.54) is 19.2 Å². The summed E-state index contributed by atoms with van der Waals surface area (Å²) in [5.41, 5.74) is 2.98. The van der Waals surface area contributed by atoms with Crippen LogP contribution in [0.2, 0.25) is 0 Å². The third kappa shape index (κ3) is 5.02. The number of ether oxygens (including phenoxy) is 2. The summed E-state index contributed by atoms with van der Waals surface area (Å²) in [6.07, 6.45) is 1.78. The smallest absolute Gasteiger partial charge is 0.161 e. The zero-order valence-corrected chi connectivity index (χ0v) is 15.8. The van der Waals surface area contributed by atoms with Crippen LogP contribution in [0.3, 0.4) is 0 Å². The molecule has 3 aromatic rings. The number of nitriles is 1. The Bertz CT molecular complexity index is 1080. The Hall–Kier alpha value is -4.04. The van der Waals surface area contributed by atoms with Gasteiger partial charge in [0.05, 0.1) is 24.7 Å². The van der Waals surface area contributed by atoms with Crippen molar-refractivity contribution in [1.82, 2.24) is 0 Å². The Morgan fingerprint density at radius 2 is 1.76 bits per heavy atom. The van der Waals surface area contributed by atoms with E-state index in [1.54, 1.807) is 30.3 Å². The van der Waals surface area contributed by atoms with Crippen molar-refractivity contribution in [2.75, 3.05) is 7.11 Å². The molecule has 0 aromatic heterocycles. The number of benzene rings is 3. The van der Waals surface area contributed by atoms with Gasteiger partial charge in [0.25, 0.3) is 0 Å². The van der Waals surface area contributed by atoms with Crippen LogP contribution in [0.5, 0.6) is 11.5 Å². The van der Waals surface area contributed by atoms with Crippen LogP contribution >= 0.6 is 0 Å². The molecule has 3 aromatic carbocycles. The van der Waals surface area contributed by atoms with Crippen LogP contribution in [0.25, 0.3) is 11.6 Å². The molecule has 0 saturated carbocycles. The van der Waals surface area contributed by atoms with Crippen LogP contribution < -0.4 is 14.6 Å².